The Kier molecular flexibility index (Phi) is 7.80. The third-order valence-electron chi connectivity index (χ3n) is 3.24. The molecule has 0 heterocycles. The first kappa shape index (κ1) is 17.1. The van der Waals surface area contributed by atoms with Gasteiger partial charge in [0.05, 0.1) is 14.2 Å². The Labute approximate surface area is 125 Å². The predicted molar refractivity (Wildman–Crippen MR) is 85.0 cm³/mol. The third kappa shape index (κ3) is 4.89. The monoisotopic (exact) mass is 299 g/mol. The minimum Gasteiger partial charge on any atom is -0.497 e. The highest BCUT2D eigenvalue weighted by atomic mass is 32.2. The SMILES string of the molecule is CNC(CSC(C)CCO)c1cc(OC)ccc1OC. The zero-order chi connectivity index (χ0) is 15.0. The number of aliphatic hydroxyl groups is 1. The molecule has 0 saturated carbocycles. The van der Waals surface area contributed by atoms with E-state index in [4.69, 9.17) is 14.6 Å². The fourth-order valence-corrected chi connectivity index (χ4v) is 3.11. The molecule has 0 amide bonds. The highest BCUT2D eigenvalue weighted by molar-refractivity contribution is 7.99. The van der Waals surface area contributed by atoms with Crippen LogP contribution in [0.5, 0.6) is 11.5 Å². The van der Waals surface area contributed by atoms with E-state index in [0.717, 1.165) is 29.2 Å². The lowest BCUT2D eigenvalue weighted by Crippen LogP contribution is -2.20. The lowest BCUT2D eigenvalue weighted by Gasteiger charge is -2.21. The van der Waals surface area contributed by atoms with E-state index in [9.17, 15) is 0 Å². The van der Waals surface area contributed by atoms with Gasteiger partial charge in [-0.1, -0.05) is 6.92 Å². The average molecular weight is 299 g/mol. The van der Waals surface area contributed by atoms with E-state index in [0.29, 0.717) is 5.25 Å². The van der Waals surface area contributed by atoms with Crippen LogP contribution in [-0.2, 0) is 0 Å². The minimum atomic E-state index is 0.186. The number of hydrogen-bond donors (Lipinski definition) is 2. The summed E-state index contributed by atoms with van der Waals surface area (Å²) in [5.74, 6) is 2.61. The molecule has 0 aromatic heterocycles. The van der Waals surface area contributed by atoms with Crippen molar-refractivity contribution in [2.75, 3.05) is 33.6 Å². The first-order valence-electron chi connectivity index (χ1n) is 6.77. The third-order valence-corrected chi connectivity index (χ3v) is 4.57. The summed E-state index contributed by atoms with van der Waals surface area (Å²) >= 11 is 1.84. The maximum atomic E-state index is 8.96. The summed E-state index contributed by atoms with van der Waals surface area (Å²) in [5, 5.41) is 12.7. The molecule has 2 atom stereocenters. The highest BCUT2D eigenvalue weighted by Crippen LogP contribution is 2.32. The zero-order valence-electron chi connectivity index (χ0n) is 12.7. The Morgan fingerprint density at radius 1 is 1.30 bits per heavy atom. The number of rotatable bonds is 9. The molecule has 0 aliphatic rings. The van der Waals surface area contributed by atoms with E-state index in [1.165, 1.54) is 0 Å². The molecule has 2 unspecified atom stereocenters. The van der Waals surface area contributed by atoms with Crippen molar-refractivity contribution in [2.45, 2.75) is 24.6 Å². The van der Waals surface area contributed by atoms with Crippen LogP contribution < -0.4 is 14.8 Å². The number of thioether (sulfide) groups is 1. The van der Waals surface area contributed by atoms with Crippen LogP contribution in [0.3, 0.4) is 0 Å². The molecule has 0 fully saturated rings. The van der Waals surface area contributed by atoms with E-state index >= 15 is 0 Å². The summed E-state index contributed by atoms with van der Waals surface area (Å²) in [4.78, 5) is 0. The van der Waals surface area contributed by atoms with Crippen LogP contribution in [0.4, 0.5) is 0 Å². The van der Waals surface area contributed by atoms with Crippen molar-refractivity contribution in [3.05, 3.63) is 23.8 Å². The molecule has 5 heteroatoms. The van der Waals surface area contributed by atoms with Gasteiger partial charge >= 0.3 is 0 Å². The molecule has 114 valence electrons. The van der Waals surface area contributed by atoms with E-state index < -0.39 is 0 Å². The molecular formula is C15H25NO3S. The predicted octanol–water partition coefficient (Wildman–Crippen LogP) is 2.47. The molecule has 0 radical (unpaired) electrons. The van der Waals surface area contributed by atoms with Crippen LogP contribution in [0.25, 0.3) is 0 Å². The summed E-state index contributed by atoms with van der Waals surface area (Å²) in [7, 11) is 5.29. The van der Waals surface area contributed by atoms with Gasteiger partial charge < -0.3 is 19.9 Å². The van der Waals surface area contributed by atoms with Gasteiger partial charge in [-0.05, 0) is 31.7 Å². The molecule has 4 nitrogen and oxygen atoms in total. The number of nitrogens with one attached hydrogen (secondary N) is 1. The maximum Gasteiger partial charge on any atom is 0.123 e. The molecule has 0 aliphatic carbocycles. The Balaban J connectivity index is 2.82. The van der Waals surface area contributed by atoms with Gasteiger partial charge in [-0.25, -0.2) is 0 Å². The summed E-state index contributed by atoms with van der Waals surface area (Å²) in [6.07, 6.45) is 0.816. The Morgan fingerprint density at radius 3 is 2.60 bits per heavy atom. The summed E-state index contributed by atoms with van der Waals surface area (Å²) in [5.41, 5.74) is 1.10. The van der Waals surface area contributed by atoms with Crippen molar-refractivity contribution in [1.82, 2.24) is 5.32 Å². The van der Waals surface area contributed by atoms with Gasteiger partial charge in [0.15, 0.2) is 0 Å². The fourth-order valence-electron chi connectivity index (χ4n) is 1.97. The van der Waals surface area contributed by atoms with Crippen molar-refractivity contribution in [3.63, 3.8) is 0 Å². The molecule has 0 bridgehead atoms. The van der Waals surface area contributed by atoms with E-state index in [2.05, 4.69) is 12.2 Å². The van der Waals surface area contributed by atoms with Crippen LogP contribution in [0, 0.1) is 0 Å². The highest BCUT2D eigenvalue weighted by Gasteiger charge is 2.17. The second kappa shape index (κ2) is 9.10. The van der Waals surface area contributed by atoms with E-state index in [1.54, 1.807) is 14.2 Å². The van der Waals surface area contributed by atoms with Gasteiger partial charge in [0.2, 0.25) is 0 Å². The summed E-state index contributed by atoms with van der Waals surface area (Å²) < 4.78 is 10.7. The molecule has 1 rings (SSSR count). The van der Waals surface area contributed by atoms with Gasteiger partial charge in [0.1, 0.15) is 11.5 Å². The van der Waals surface area contributed by atoms with Crippen molar-refractivity contribution >= 4 is 11.8 Å². The second-order valence-corrected chi connectivity index (χ2v) is 6.08. The standard InChI is InChI=1S/C15H25NO3S/c1-11(7-8-17)20-10-14(16-2)13-9-12(18-3)5-6-15(13)19-4/h5-6,9,11,14,16-17H,7-8,10H2,1-4H3. The lowest BCUT2D eigenvalue weighted by molar-refractivity contribution is 0.289. The van der Waals surface area contributed by atoms with Crippen molar-refractivity contribution in [3.8, 4) is 11.5 Å². The molecule has 2 N–H and O–H groups in total. The first-order chi connectivity index (χ1) is 9.65. The van der Waals surface area contributed by atoms with Crippen molar-refractivity contribution in [1.29, 1.82) is 0 Å². The quantitative estimate of drug-likeness (QED) is 0.733. The molecule has 0 saturated heterocycles. The minimum absolute atomic E-state index is 0.186. The lowest BCUT2D eigenvalue weighted by atomic mass is 10.1. The number of hydrogen-bond acceptors (Lipinski definition) is 5. The fraction of sp³-hybridized carbons (Fsp3) is 0.600. The van der Waals surface area contributed by atoms with Crippen LogP contribution in [0.1, 0.15) is 24.9 Å². The van der Waals surface area contributed by atoms with Gasteiger partial charge in [0.25, 0.3) is 0 Å². The molecule has 20 heavy (non-hydrogen) atoms. The first-order valence-corrected chi connectivity index (χ1v) is 7.82. The second-order valence-electron chi connectivity index (χ2n) is 4.61. The van der Waals surface area contributed by atoms with Crippen molar-refractivity contribution in [2.24, 2.45) is 0 Å². The molecule has 1 aromatic rings. The van der Waals surface area contributed by atoms with Crippen LogP contribution in [0.2, 0.25) is 0 Å². The molecular weight excluding hydrogens is 274 g/mol. The number of ether oxygens (including phenoxy) is 2. The van der Waals surface area contributed by atoms with Crippen molar-refractivity contribution < 1.29 is 14.6 Å². The van der Waals surface area contributed by atoms with E-state index in [1.807, 2.05) is 37.0 Å². The van der Waals surface area contributed by atoms with Crippen LogP contribution in [-0.4, -0.2) is 44.0 Å². The Morgan fingerprint density at radius 2 is 2.05 bits per heavy atom. The van der Waals surface area contributed by atoms with Gasteiger partial charge in [0, 0.05) is 29.2 Å². The summed E-state index contributed by atoms with van der Waals surface area (Å²) in [6, 6.07) is 6.03. The van der Waals surface area contributed by atoms with E-state index in [-0.39, 0.29) is 12.6 Å². The van der Waals surface area contributed by atoms with Crippen LogP contribution in [0.15, 0.2) is 18.2 Å². The number of methoxy groups -OCH3 is 2. The zero-order valence-corrected chi connectivity index (χ0v) is 13.5. The number of benzene rings is 1. The van der Waals surface area contributed by atoms with Gasteiger partial charge in [-0.2, -0.15) is 11.8 Å². The molecule has 0 aliphatic heterocycles. The normalized spacial score (nSPS) is 13.8. The smallest absolute Gasteiger partial charge is 0.123 e. The molecule has 0 spiro atoms. The largest absolute Gasteiger partial charge is 0.497 e. The van der Waals surface area contributed by atoms with Crippen LogP contribution >= 0.6 is 11.8 Å². The Bertz CT molecular complexity index is 401. The number of aliphatic hydroxyl groups excluding tert-OH is 1. The Hall–Kier alpha value is -0.910. The molecule has 1 aromatic carbocycles. The summed E-state index contributed by atoms with van der Waals surface area (Å²) in [6.45, 7) is 2.37. The van der Waals surface area contributed by atoms with Gasteiger partial charge in [-0.15, -0.1) is 0 Å². The maximum absolute atomic E-state index is 8.96. The van der Waals surface area contributed by atoms with Gasteiger partial charge in [-0.3, -0.25) is 0 Å². The average Bonchev–Trinajstić information content (AvgIpc) is 2.48. The topological polar surface area (TPSA) is 50.7 Å².